The summed E-state index contributed by atoms with van der Waals surface area (Å²) in [5, 5.41) is 2.96. The number of nitrogens with one attached hydrogen (secondary N) is 1. The molecule has 8 nitrogen and oxygen atoms in total. The van der Waals surface area contributed by atoms with Crippen LogP contribution in [0.15, 0.2) is 71.6 Å². The van der Waals surface area contributed by atoms with Crippen LogP contribution < -0.4 is 19.1 Å². The van der Waals surface area contributed by atoms with Crippen LogP contribution in [0.4, 0.5) is 5.69 Å². The third-order valence-electron chi connectivity index (χ3n) is 7.24. The Kier molecular flexibility index (Phi) is 8.09. The van der Waals surface area contributed by atoms with Crippen molar-refractivity contribution < 1.29 is 22.7 Å². The van der Waals surface area contributed by atoms with Gasteiger partial charge in [-0.1, -0.05) is 36.8 Å². The normalized spacial score (nSPS) is 17.7. The van der Waals surface area contributed by atoms with Crippen LogP contribution in [-0.2, 0) is 27.9 Å². The van der Waals surface area contributed by atoms with E-state index in [1.807, 2.05) is 25.1 Å². The number of sulfonamides is 1. The summed E-state index contributed by atoms with van der Waals surface area (Å²) in [6, 6.07) is 19.8. The molecule has 0 aromatic heterocycles. The first-order valence-electron chi connectivity index (χ1n) is 13.4. The molecule has 1 unspecified atom stereocenters. The molecule has 1 N–H and O–H groups in total. The van der Waals surface area contributed by atoms with Gasteiger partial charge in [-0.15, -0.1) is 0 Å². The Labute approximate surface area is 230 Å². The number of ether oxygens (including phenoxy) is 2. The fraction of sp³-hybridized carbons (Fsp3) is 0.367. The molecule has 0 aliphatic carbocycles. The number of amides is 1. The molecule has 2 aliphatic heterocycles. The number of fused-ring (bicyclic) bond motifs is 1. The summed E-state index contributed by atoms with van der Waals surface area (Å²) < 4.78 is 39.8. The van der Waals surface area contributed by atoms with E-state index in [1.165, 1.54) is 48.4 Å². The van der Waals surface area contributed by atoms with Gasteiger partial charge in [0.15, 0.2) is 6.10 Å². The lowest BCUT2D eigenvalue weighted by atomic mass is 10.1. The lowest BCUT2D eigenvalue weighted by Gasteiger charge is -2.35. The monoisotopic (exact) mass is 549 g/mol. The maximum atomic E-state index is 13.7. The van der Waals surface area contributed by atoms with Gasteiger partial charge in [0.1, 0.15) is 11.5 Å². The van der Waals surface area contributed by atoms with Gasteiger partial charge in [0, 0.05) is 13.1 Å². The summed E-state index contributed by atoms with van der Waals surface area (Å²) >= 11 is 0. The topological polar surface area (TPSA) is 88.2 Å². The molecule has 206 valence electrons. The van der Waals surface area contributed by atoms with E-state index in [-0.39, 0.29) is 17.3 Å². The minimum atomic E-state index is -3.95. The number of aryl methyl sites for hydroxylation is 1. The van der Waals surface area contributed by atoms with Gasteiger partial charge in [-0.3, -0.25) is 14.0 Å². The predicted molar refractivity (Wildman–Crippen MR) is 151 cm³/mol. The Bertz CT molecular complexity index is 1420. The Morgan fingerprint density at radius 3 is 2.49 bits per heavy atom. The first-order chi connectivity index (χ1) is 18.8. The van der Waals surface area contributed by atoms with Crippen LogP contribution in [0, 0.1) is 6.92 Å². The SMILES string of the molecule is COc1ccc(S(=O)(=O)N2CC(C(=O)NCc3cccc(CN4CCCCC4)c3)Oc3cc(C)ccc32)cc1. The quantitative estimate of drug-likeness (QED) is 0.452. The molecule has 9 heteroatoms. The second kappa shape index (κ2) is 11.7. The van der Waals surface area contributed by atoms with Crippen LogP contribution in [0.3, 0.4) is 0 Å². The minimum Gasteiger partial charge on any atom is -0.497 e. The molecular weight excluding hydrogens is 514 g/mol. The largest absolute Gasteiger partial charge is 0.497 e. The molecule has 1 amide bonds. The number of piperidine rings is 1. The van der Waals surface area contributed by atoms with Crippen LogP contribution >= 0.6 is 0 Å². The van der Waals surface area contributed by atoms with Crippen molar-refractivity contribution in [2.24, 2.45) is 0 Å². The number of methoxy groups -OCH3 is 1. The molecule has 1 fully saturated rings. The maximum absolute atomic E-state index is 13.7. The van der Waals surface area contributed by atoms with E-state index in [9.17, 15) is 13.2 Å². The lowest BCUT2D eigenvalue weighted by Crippen LogP contribution is -2.50. The van der Waals surface area contributed by atoms with E-state index in [0.717, 1.165) is 30.8 Å². The van der Waals surface area contributed by atoms with Crippen molar-refractivity contribution in [3.05, 3.63) is 83.4 Å². The highest BCUT2D eigenvalue weighted by Crippen LogP contribution is 2.38. The molecule has 0 saturated carbocycles. The highest BCUT2D eigenvalue weighted by Gasteiger charge is 2.37. The van der Waals surface area contributed by atoms with Crippen molar-refractivity contribution in [3.8, 4) is 11.5 Å². The van der Waals surface area contributed by atoms with E-state index >= 15 is 0 Å². The smallest absolute Gasteiger partial charge is 0.264 e. The summed E-state index contributed by atoms with van der Waals surface area (Å²) in [4.78, 5) is 15.9. The van der Waals surface area contributed by atoms with Crippen molar-refractivity contribution in [1.29, 1.82) is 0 Å². The first-order valence-corrected chi connectivity index (χ1v) is 14.8. The van der Waals surface area contributed by atoms with Gasteiger partial charge >= 0.3 is 0 Å². The Balaban J connectivity index is 1.31. The zero-order valence-electron chi connectivity index (χ0n) is 22.4. The second-order valence-corrected chi connectivity index (χ2v) is 12.0. The number of hydrogen-bond donors (Lipinski definition) is 1. The summed E-state index contributed by atoms with van der Waals surface area (Å²) in [6.45, 7) is 5.24. The zero-order chi connectivity index (χ0) is 27.4. The van der Waals surface area contributed by atoms with Gasteiger partial charge in [-0.25, -0.2) is 8.42 Å². The Morgan fingerprint density at radius 2 is 1.74 bits per heavy atom. The van der Waals surface area contributed by atoms with Crippen molar-refractivity contribution in [3.63, 3.8) is 0 Å². The van der Waals surface area contributed by atoms with Crippen molar-refractivity contribution in [2.45, 2.75) is 50.3 Å². The maximum Gasteiger partial charge on any atom is 0.264 e. The molecule has 2 aliphatic rings. The molecule has 5 rings (SSSR count). The molecule has 1 saturated heterocycles. The van der Waals surface area contributed by atoms with Crippen LogP contribution in [0.1, 0.15) is 36.0 Å². The van der Waals surface area contributed by atoms with Gasteiger partial charge in [-0.05, 0) is 85.9 Å². The first kappa shape index (κ1) is 27.0. The van der Waals surface area contributed by atoms with E-state index in [1.54, 1.807) is 24.3 Å². The zero-order valence-corrected chi connectivity index (χ0v) is 23.2. The fourth-order valence-electron chi connectivity index (χ4n) is 5.12. The number of hydrogen-bond acceptors (Lipinski definition) is 6. The Morgan fingerprint density at radius 1 is 1.00 bits per heavy atom. The van der Waals surface area contributed by atoms with Crippen LogP contribution in [0.25, 0.3) is 0 Å². The van der Waals surface area contributed by atoms with E-state index in [2.05, 4.69) is 22.3 Å². The number of rotatable bonds is 8. The minimum absolute atomic E-state index is 0.112. The lowest BCUT2D eigenvalue weighted by molar-refractivity contribution is -0.127. The summed E-state index contributed by atoms with van der Waals surface area (Å²) in [6.07, 6.45) is 2.79. The summed E-state index contributed by atoms with van der Waals surface area (Å²) in [7, 11) is -2.43. The third-order valence-corrected chi connectivity index (χ3v) is 9.03. The van der Waals surface area contributed by atoms with Crippen LogP contribution in [0.2, 0.25) is 0 Å². The number of carbonyl (C=O) groups is 1. The van der Waals surface area contributed by atoms with Crippen molar-refractivity contribution in [1.82, 2.24) is 10.2 Å². The summed E-state index contributed by atoms with van der Waals surface area (Å²) in [5.74, 6) is 0.560. The molecule has 2 heterocycles. The molecule has 0 bridgehead atoms. The molecule has 1 atom stereocenters. The van der Waals surface area contributed by atoms with Gasteiger partial charge < -0.3 is 14.8 Å². The van der Waals surface area contributed by atoms with Gasteiger partial charge in [0.25, 0.3) is 15.9 Å². The number of likely N-dealkylation sites (tertiary alicyclic amines) is 1. The molecule has 0 radical (unpaired) electrons. The van der Waals surface area contributed by atoms with Gasteiger partial charge in [0.05, 0.1) is 24.2 Å². The molecule has 3 aromatic rings. The van der Waals surface area contributed by atoms with E-state index in [0.29, 0.717) is 23.7 Å². The summed E-state index contributed by atoms with van der Waals surface area (Å²) in [5.41, 5.74) is 3.53. The van der Waals surface area contributed by atoms with E-state index in [4.69, 9.17) is 9.47 Å². The number of nitrogens with zero attached hydrogens (tertiary/aromatic N) is 2. The number of benzene rings is 3. The number of carbonyl (C=O) groups excluding carboxylic acids is 1. The molecule has 0 spiro atoms. The average molecular weight is 550 g/mol. The van der Waals surface area contributed by atoms with Gasteiger partial charge in [-0.2, -0.15) is 0 Å². The van der Waals surface area contributed by atoms with Gasteiger partial charge in [0.2, 0.25) is 0 Å². The molecule has 3 aromatic carbocycles. The highest BCUT2D eigenvalue weighted by atomic mass is 32.2. The van der Waals surface area contributed by atoms with Crippen molar-refractivity contribution >= 4 is 21.6 Å². The Hall–Kier alpha value is -3.56. The third kappa shape index (κ3) is 6.20. The highest BCUT2D eigenvalue weighted by molar-refractivity contribution is 7.92. The van der Waals surface area contributed by atoms with Crippen LogP contribution in [0.5, 0.6) is 11.5 Å². The second-order valence-electron chi connectivity index (χ2n) is 10.2. The van der Waals surface area contributed by atoms with Crippen LogP contribution in [-0.4, -0.2) is 52.1 Å². The molecular formula is C30H35N3O5S. The van der Waals surface area contributed by atoms with E-state index < -0.39 is 16.1 Å². The fourth-order valence-corrected chi connectivity index (χ4v) is 6.59. The predicted octanol–water partition coefficient (Wildman–Crippen LogP) is 4.26. The molecule has 39 heavy (non-hydrogen) atoms. The standard InChI is InChI=1S/C30H35N3O5S/c1-22-9-14-27-28(17-22)38-29(21-33(27)39(35,36)26-12-10-25(37-2)11-13-26)30(34)31-19-23-7-6-8-24(18-23)20-32-15-4-3-5-16-32/h6-14,17-18,29H,3-5,15-16,19-21H2,1-2H3,(H,31,34). The number of anilines is 1. The average Bonchev–Trinajstić information content (AvgIpc) is 2.96. The van der Waals surface area contributed by atoms with Crippen molar-refractivity contribution in [2.75, 3.05) is 31.0 Å².